The van der Waals surface area contributed by atoms with Crippen LogP contribution in [0.25, 0.3) is 0 Å². The van der Waals surface area contributed by atoms with Gasteiger partial charge >= 0.3 is 6.01 Å². The molecule has 2 aromatic rings. The molecule has 3 rings (SSSR count). The molecule has 0 bridgehead atoms. The molecule has 0 unspecified atom stereocenters. The Balaban J connectivity index is 1.77. The van der Waals surface area contributed by atoms with Gasteiger partial charge in [0.15, 0.2) is 0 Å². The summed E-state index contributed by atoms with van der Waals surface area (Å²) in [5.74, 6) is 0.800. The van der Waals surface area contributed by atoms with Gasteiger partial charge in [0.05, 0.1) is 36.5 Å². The van der Waals surface area contributed by atoms with E-state index in [0.717, 1.165) is 30.2 Å². The van der Waals surface area contributed by atoms with Crippen molar-refractivity contribution in [1.82, 2.24) is 15.3 Å². The number of hydrogen-bond acceptors (Lipinski definition) is 9. The van der Waals surface area contributed by atoms with Gasteiger partial charge in [-0.3, -0.25) is 5.43 Å². The highest BCUT2D eigenvalue weighted by molar-refractivity contribution is 5.80. The summed E-state index contributed by atoms with van der Waals surface area (Å²) >= 11 is 0. The van der Waals surface area contributed by atoms with E-state index in [1.54, 1.807) is 6.21 Å². The molecule has 1 aliphatic heterocycles. The Kier molecular flexibility index (Phi) is 6.99. The third kappa shape index (κ3) is 5.54. The number of rotatable bonds is 8. The van der Waals surface area contributed by atoms with Crippen molar-refractivity contribution in [2.45, 2.75) is 6.92 Å². The molecular formula is C19H27N7O2. The lowest BCUT2D eigenvalue weighted by Crippen LogP contribution is -2.37. The van der Waals surface area contributed by atoms with Crippen molar-refractivity contribution >= 4 is 23.4 Å². The maximum absolute atomic E-state index is 5.98. The van der Waals surface area contributed by atoms with E-state index in [2.05, 4.69) is 30.7 Å². The minimum atomic E-state index is 0.329. The summed E-state index contributed by atoms with van der Waals surface area (Å²) in [5, 5.41) is 7.32. The highest BCUT2D eigenvalue weighted by Gasteiger charge is 2.15. The predicted octanol–water partition coefficient (Wildman–Crippen LogP) is 1.25. The monoisotopic (exact) mass is 385 g/mol. The second-order valence-corrected chi connectivity index (χ2v) is 6.45. The minimum absolute atomic E-state index is 0.329. The fraction of sp³-hybridized carbons (Fsp3) is 0.421. The van der Waals surface area contributed by atoms with Gasteiger partial charge in [0.25, 0.3) is 0 Å². The molecule has 1 aromatic heterocycles. The molecule has 0 saturated carbocycles. The van der Waals surface area contributed by atoms with Gasteiger partial charge in [0.1, 0.15) is 12.4 Å². The van der Waals surface area contributed by atoms with Crippen LogP contribution >= 0.6 is 0 Å². The number of hydrogen-bond donors (Lipinski definition) is 3. The number of nitrogen functional groups attached to an aromatic ring is 1. The molecule has 0 aliphatic carbocycles. The Hall–Kier alpha value is -2.91. The second kappa shape index (κ2) is 9.86. The molecule has 0 atom stereocenters. The number of aromatic nitrogens is 2. The number of anilines is 3. The van der Waals surface area contributed by atoms with Crippen molar-refractivity contribution in [2.75, 3.05) is 62.6 Å². The Morgan fingerprint density at radius 2 is 2.11 bits per heavy atom. The third-order valence-electron chi connectivity index (χ3n) is 4.22. The van der Waals surface area contributed by atoms with Crippen LogP contribution in [0.1, 0.15) is 11.3 Å². The number of likely N-dealkylation sites (N-methyl/N-ethyl adjacent to an activating group) is 1. The molecule has 9 heteroatoms. The fourth-order valence-corrected chi connectivity index (χ4v) is 2.69. The van der Waals surface area contributed by atoms with E-state index in [4.69, 9.17) is 15.2 Å². The van der Waals surface area contributed by atoms with E-state index in [9.17, 15) is 0 Å². The van der Waals surface area contributed by atoms with Gasteiger partial charge in [-0.1, -0.05) is 6.07 Å². The lowest BCUT2D eigenvalue weighted by atomic mass is 10.2. The highest BCUT2D eigenvalue weighted by Crippen LogP contribution is 2.20. The molecule has 0 radical (unpaired) electrons. The number of benzene rings is 1. The average Bonchev–Trinajstić information content (AvgIpc) is 2.71. The quantitative estimate of drug-likeness (QED) is 0.270. The number of hydrazone groups is 1. The Morgan fingerprint density at radius 3 is 2.89 bits per heavy atom. The van der Waals surface area contributed by atoms with E-state index in [1.807, 2.05) is 38.2 Å². The third-order valence-corrected chi connectivity index (χ3v) is 4.22. The molecule has 150 valence electrons. The molecule has 9 nitrogen and oxygen atoms in total. The summed E-state index contributed by atoms with van der Waals surface area (Å²) in [6.07, 6.45) is 1.64. The number of nitrogens with zero attached hydrogens (tertiary/aromatic N) is 4. The van der Waals surface area contributed by atoms with E-state index in [0.29, 0.717) is 43.8 Å². The van der Waals surface area contributed by atoms with Crippen LogP contribution in [0.3, 0.4) is 0 Å². The van der Waals surface area contributed by atoms with Crippen molar-refractivity contribution in [3.8, 4) is 6.01 Å². The molecule has 28 heavy (non-hydrogen) atoms. The first-order valence-electron chi connectivity index (χ1n) is 9.30. The van der Waals surface area contributed by atoms with Crippen LogP contribution < -0.4 is 26.1 Å². The van der Waals surface area contributed by atoms with Crippen molar-refractivity contribution in [2.24, 2.45) is 5.10 Å². The Morgan fingerprint density at radius 1 is 1.29 bits per heavy atom. The first-order valence-corrected chi connectivity index (χ1v) is 9.30. The van der Waals surface area contributed by atoms with Crippen LogP contribution in [0, 0.1) is 6.92 Å². The van der Waals surface area contributed by atoms with Crippen LogP contribution in [0.2, 0.25) is 0 Å². The standard InChI is InChI=1S/C19H27N7O2/c1-14-3-4-16(20)17(11-14)25-22-13-15-12-18(26-6-9-27-10-7-26)24-19(23-15)28-8-5-21-2/h3-4,11-13,21,25H,5-10,20H2,1-2H3/b22-13-. The van der Waals surface area contributed by atoms with Gasteiger partial charge in [-0.2, -0.15) is 15.1 Å². The van der Waals surface area contributed by atoms with Crippen LogP contribution in [0.5, 0.6) is 6.01 Å². The SMILES string of the molecule is CNCCOc1nc(/C=N\Nc2cc(C)ccc2N)cc(N2CCOCC2)n1. The van der Waals surface area contributed by atoms with Crippen molar-refractivity contribution in [1.29, 1.82) is 0 Å². The maximum atomic E-state index is 5.98. The van der Waals surface area contributed by atoms with Crippen LogP contribution in [0.15, 0.2) is 29.4 Å². The molecule has 4 N–H and O–H groups in total. The summed E-state index contributed by atoms with van der Waals surface area (Å²) in [5.41, 5.74) is 12.1. The Labute approximate surface area is 164 Å². The van der Waals surface area contributed by atoms with Crippen molar-refractivity contribution in [3.63, 3.8) is 0 Å². The lowest BCUT2D eigenvalue weighted by Gasteiger charge is -2.28. The molecule has 0 amide bonds. The maximum Gasteiger partial charge on any atom is 0.319 e. The first kappa shape index (κ1) is 19.8. The number of ether oxygens (including phenoxy) is 2. The summed E-state index contributed by atoms with van der Waals surface area (Å²) in [6.45, 7) is 6.11. The molecule has 2 heterocycles. The van der Waals surface area contributed by atoms with E-state index in [-0.39, 0.29) is 0 Å². The van der Waals surface area contributed by atoms with Crippen molar-refractivity contribution < 1.29 is 9.47 Å². The summed E-state index contributed by atoms with van der Waals surface area (Å²) in [7, 11) is 1.87. The topological polar surface area (TPSA) is 110 Å². The second-order valence-electron chi connectivity index (χ2n) is 6.45. The van der Waals surface area contributed by atoms with Crippen molar-refractivity contribution in [3.05, 3.63) is 35.5 Å². The summed E-state index contributed by atoms with van der Waals surface area (Å²) in [4.78, 5) is 11.1. The predicted molar refractivity (Wildman–Crippen MR) is 111 cm³/mol. The van der Waals surface area contributed by atoms with Gasteiger partial charge in [-0.25, -0.2) is 0 Å². The molecular weight excluding hydrogens is 358 g/mol. The van der Waals surface area contributed by atoms with Gasteiger partial charge in [0, 0.05) is 25.7 Å². The first-order chi connectivity index (χ1) is 13.7. The van der Waals surface area contributed by atoms with Crippen LogP contribution in [-0.4, -0.2) is 62.7 Å². The van der Waals surface area contributed by atoms with E-state index in [1.165, 1.54) is 0 Å². The van der Waals surface area contributed by atoms with Gasteiger partial charge < -0.3 is 25.4 Å². The zero-order chi connectivity index (χ0) is 19.8. The molecule has 0 spiro atoms. The van der Waals surface area contributed by atoms with E-state index >= 15 is 0 Å². The van der Waals surface area contributed by atoms with Gasteiger partial charge in [-0.15, -0.1) is 0 Å². The summed E-state index contributed by atoms with van der Waals surface area (Å²) in [6, 6.07) is 7.97. The van der Waals surface area contributed by atoms with Crippen LogP contribution in [0.4, 0.5) is 17.2 Å². The lowest BCUT2D eigenvalue weighted by molar-refractivity contribution is 0.122. The largest absolute Gasteiger partial charge is 0.462 e. The molecule has 1 aliphatic rings. The number of nitrogens with one attached hydrogen (secondary N) is 2. The molecule has 1 saturated heterocycles. The zero-order valence-electron chi connectivity index (χ0n) is 16.3. The number of morpholine rings is 1. The molecule has 1 fully saturated rings. The number of nitrogens with two attached hydrogens (primary N) is 1. The average molecular weight is 385 g/mol. The summed E-state index contributed by atoms with van der Waals surface area (Å²) < 4.78 is 11.1. The van der Waals surface area contributed by atoms with Crippen LogP contribution in [-0.2, 0) is 4.74 Å². The van der Waals surface area contributed by atoms with Gasteiger partial charge in [-0.05, 0) is 31.7 Å². The Bertz CT molecular complexity index is 807. The fourth-order valence-electron chi connectivity index (χ4n) is 2.69. The highest BCUT2D eigenvalue weighted by atomic mass is 16.5. The normalized spacial score (nSPS) is 14.4. The smallest absolute Gasteiger partial charge is 0.319 e. The number of aryl methyl sites for hydroxylation is 1. The van der Waals surface area contributed by atoms with E-state index < -0.39 is 0 Å². The zero-order valence-corrected chi connectivity index (χ0v) is 16.3. The van der Waals surface area contributed by atoms with Gasteiger partial charge in [0.2, 0.25) is 0 Å². The molecule has 1 aromatic carbocycles. The minimum Gasteiger partial charge on any atom is -0.462 e.